The first-order valence-corrected chi connectivity index (χ1v) is 8.98. The standard InChI is InChI=1S/C16H22BrClN2/c1-19-7-2-3-13-11-20(8-6-15(13)19)16-9-14(18)5-4-12(16)10-17/h4-5,9,13,15H,2-3,6-8,10-11H2,1H3. The molecule has 0 bridgehead atoms. The van der Waals surface area contributed by atoms with E-state index < -0.39 is 0 Å². The van der Waals surface area contributed by atoms with Crippen LogP contribution in [-0.4, -0.2) is 37.6 Å². The Kier molecular flexibility index (Phi) is 4.58. The summed E-state index contributed by atoms with van der Waals surface area (Å²) in [5.41, 5.74) is 2.66. The molecule has 0 N–H and O–H groups in total. The van der Waals surface area contributed by atoms with Crippen molar-refractivity contribution in [2.75, 3.05) is 31.6 Å². The number of likely N-dealkylation sites (tertiary alicyclic amines) is 1. The summed E-state index contributed by atoms with van der Waals surface area (Å²) in [6.07, 6.45) is 3.98. The average Bonchev–Trinajstić information content (AvgIpc) is 2.47. The van der Waals surface area contributed by atoms with E-state index in [0.29, 0.717) is 0 Å². The van der Waals surface area contributed by atoms with E-state index in [-0.39, 0.29) is 0 Å². The Hall–Kier alpha value is -0.250. The van der Waals surface area contributed by atoms with Gasteiger partial charge in [0.25, 0.3) is 0 Å². The molecule has 2 aliphatic heterocycles. The second-order valence-corrected chi connectivity index (χ2v) is 7.09. The van der Waals surface area contributed by atoms with Gasteiger partial charge in [-0.15, -0.1) is 0 Å². The Morgan fingerprint density at radius 1 is 1.30 bits per heavy atom. The summed E-state index contributed by atoms with van der Waals surface area (Å²) >= 11 is 9.80. The van der Waals surface area contributed by atoms with Crippen molar-refractivity contribution >= 4 is 33.2 Å². The third-order valence-corrected chi connectivity index (χ3v) is 5.72. The van der Waals surface area contributed by atoms with Crippen LogP contribution in [0.5, 0.6) is 0 Å². The van der Waals surface area contributed by atoms with Crippen molar-refractivity contribution in [3.8, 4) is 0 Å². The van der Waals surface area contributed by atoms with E-state index in [4.69, 9.17) is 11.6 Å². The number of nitrogens with zero attached hydrogens (tertiary/aromatic N) is 2. The number of piperidine rings is 2. The summed E-state index contributed by atoms with van der Waals surface area (Å²) in [6.45, 7) is 3.59. The molecular weight excluding hydrogens is 336 g/mol. The highest BCUT2D eigenvalue weighted by Crippen LogP contribution is 2.34. The van der Waals surface area contributed by atoms with Gasteiger partial charge in [0.05, 0.1) is 0 Å². The average molecular weight is 358 g/mol. The Balaban J connectivity index is 1.81. The van der Waals surface area contributed by atoms with Crippen LogP contribution < -0.4 is 4.90 Å². The number of rotatable bonds is 2. The Labute approximate surface area is 135 Å². The molecule has 0 radical (unpaired) electrons. The molecule has 0 spiro atoms. The minimum Gasteiger partial charge on any atom is -0.371 e. The Morgan fingerprint density at radius 3 is 2.95 bits per heavy atom. The van der Waals surface area contributed by atoms with Crippen molar-refractivity contribution in [3.05, 3.63) is 28.8 Å². The predicted molar refractivity (Wildman–Crippen MR) is 90.1 cm³/mol. The van der Waals surface area contributed by atoms with Gasteiger partial charge in [-0.2, -0.15) is 0 Å². The smallest absolute Gasteiger partial charge is 0.0426 e. The molecule has 2 heterocycles. The van der Waals surface area contributed by atoms with Gasteiger partial charge in [0.15, 0.2) is 0 Å². The number of fused-ring (bicyclic) bond motifs is 1. The fourth-order valence-corrected chi connectivity index (χ4v) is 4.46. The minimum atomic E-state index is 0.784. The lowest BCUT2D eigenvalue weighted by atomic mass is 9.84. The lowest BCUT2D eigenvalue weighted by molar-refractivity contribution is 0.102. The van der Waals surface area contributed by atoms with E-state index in [2.05, 4.69) is 44.9 Å². The van der Waals surface area contributed by atoms with Crippen LogP contribution >= 0.6 is 27.5 Å². The molecular formula is C16H22BrClN2. The van der Waals surface area contributed by atoms with Crippen molar-refractivity contribution in [1.82, 2.24) is 4.90 Å². The molecule has 3 rings (SSSR count). The minimum absolute atomic E-state index is 0.784. The van der Waals surface area contributed by atoms with Crippen molar-refractivity contribution in [2.45, 2.75) is 30.6 Å². The highest BCUT2D eigenvalue weighted by molar-refractivity contribution is 9.08. The first-order chi connectivity index (χ1) is 9.69. The first kappa shape index (κ1) is 14.7. The Morgan fingerprint density at radius 2 is 2.15 bits per heavy atom. The molecule has 2 atom stereocenters. The van der Waals surface area contributed by atoms with Crippen LogP contribution in [0.2, 0.25) is 5.02 Å². The van der Waals surface area contributed by atoms with Gasteiger partial charge in [0.1, 0.15) is 0 Å². The summed E-state index contributed by atoms with van der Waals surface area (Å²) in [5.74, 6) is 0.810. The second-order valence-electron chi connectivity index (χ2n) is 6.09. The maximum atomic E-state index is 6.20. The molecule has 110 valence electrons. The van der Waals surface area contributed by atoms with Crippen molar-refractivity contribution in [1.29, 1.82) is 0 Å². The van der Waals surface area contributed by atoms with Gasteiger partial charge in [-0.05, 0) is 56.5 Å². The zero-order valence-electron chi connectivity index (χ0n) is 12.0. The lowest BCUT2D eigenvalue weighted by Crippen LogP contribution is -2.52. The fourth-order valence-electron chi connectivity index (χ4n) is 3.82. The van der Waals surface area contributed by atoms with Gasteiger partial charge in [-0.25, -0.2) is 0 Å². The maximum Gasteiger partial charge on any atom is 0.0426 e. The zero-order chi connectivity index (χ0) is 14.1. The third-order valence-electron chi connectivity index (χ3n) is 4.88. The molecule has 1 aromatic carbocycles. The molecule has 20 heavy (non-hydrogen) atoms. The molecule has 2 nitrogen and oxygen atoms in total. The summed E-state index contributed by atoms with van der Waals surface area (Å²) < 4.78 is 0. The van der Waals surface area contributed by atoms with E-state index >= 15 is 0 Å². The number of hydrogen-bond donors (Lipinski definition) is 0. The molecule has 0 aliphatic carbocycles. The van der Waals surface area contributed by atoms with Crippen LogP contribution in [-0.2, 0) is 5.33 Å². The van der Waals surface area contributed by atoms with Crippen LogP contribution in [0.3, 0.4) is 0 Å². The van der Waals surface area contributed by atoms with Crippen molar-refractivity contribution in [2.24, 2.45) is 5.92 Å². The molecule has 4 heteroatoms. The van der Waals surface area contributed by atoms with E-state index in [1.165, 1.54) is 43.6 Å². The van der Waals surface area contributed by atoms with E-state index in [0.717, 1.165) is 28.9 Å². The third kappa shape index (κ3) is 2.86. The summed E-state index contributed by atoms with van der Waals surface area (Å²) in [4.78, 5) is 5.11. The number of alkyl halides is 1. The number of benzene rings is 1. The van der Waals surface area contributed by atoms with Crippen LogP contribution in [0.15, 0.2) is 18.2 Å². The number of anilines is 1. The van der Waals surface area contributed by atoms with E-state index in [1.807, 2.05) is 6.07 Å². The molecule has 2 saturated heterocycles. The first-order valence-electron chi connectivity index (χ1n) is 7.48. The maximum absolute atomic E-state index is 6.20. The van der Waals surface area contributed by atoms with Crippen LogP contribution in [0, 0.1) is 5.92 Å². The predicted octanol–water partition coefficient (Wildman–Crippen LogP) is 4.16. The topological polar surface area (TPSA) is 6.48 Å². The Bertz CT molecular complexity index is 480. The van der Waals surface area contributed by atoms with E-state index in [1.54, 1.807) is 0 Å². The van der Waals surface area contributed by atoms with Gasteiger partial charge >= 0.3 is 0 Å². The SMILES string of the molecule is CN1CCCC2CN(c3cc(Cl)ccc3CBr)CCC21. The summed E-state index contributed by atoms with van der Waals surface area (Å²) in [6, 6.07) is 7.05. The van der Waals surface area contributed by atoms with Crippen molar-refractivity contribution in [3.63, 3.8) is 0 Å². The zero-order valence-corrected chi connectivity index (χ0v) is 14.3. The molecule has 2 unspecified atom stereocenters. The molecule has 0 aromatic heterocycles. The largest absolute Gasteiger partial charge is 0.371 e. The van der Waals surface area contributed by atoms with Crippen LogP contribution in [0.4, 0.5) is 5.69 Å². The van der Waals surface area contributed by atoms with Crippen LogP contribution in [0.1, 0.15) is 24.8 Å². The summed E-state index contributed by atoms with van der Waals surface area (Å²) in [5, 5.41) is 1.73. The number of halogens is 2. The quantitative estimate of drug-likeness (QED) is 0.733. The van der Waals surface area contributed by atoms with E-state index in [9.17, 15) is 0 Å². The normalized spacial score (nSPS) is 27.4. The van der Waals surface area contributed by atoms with Crippen molar-refractivity contribution < 1.29 is 0 Å². The molecule has 1 aromatic rings. The van der Waals surface area contributed by atoms with Gasteiger partial charge in [-0.3, -0.25) is 0 Å². The molecule has 0 saturated carbocycles. The highest BCUT2D eigenvalue weighted by atomic mass is 79.9. The van der Waals surface area contributed by atoms with Gasteiger partial charge in [0.2, 0.25) is 0 Å². The van der Waals surface area contributed by atoms with Crippen LogP contribution in [0.25, 0.3) is 0 Å². The van der Waals surface area contributed by atoms with Gasteiger partial charge < -0.3 is 9.80 Å². The molecule has 0 amide bonds. The lowest BCUT2D eigenvalue weighted by Gasteiger charge is -2.47. The molecule has 2 fully saturated rings. The van der Waals surface area contributed by atoms with Gasteiger partial charge in [0, 0.05) is 35.2 Å². The molecule has 2 aliphatic rings. The monoisotopic (exact) mass is 356 g/mol. The second kappa shape index (κ2) is 6.25. The number of hydrogen-bond acceptors (Lipinski definition) is 2. The van der Waals surface area contributed by atoms with Gasteiger partial charge in [-0.1, -0.05) is 33.6 Å². The summed E-state index contributed by atoms with van der Waals surface area (Å²) in [7, 11) is 2.29. The fraction of sp³-hybridized carbons (Fsp3) is 0.625. The highest BCUT2D eigenvalue weighted by Gasteiger charge is 2.34.